The molecular weight excluding hydrogens is 484 g/mol. The van der Waals surface area contributed by atoms with Crippen LogP contribution in [0.2, 0.25) is 0 Å². The molecule has 1 fully saturated rings. The van der Waals surface area contributed by atoms with Crippen LogP contribution >= 0.6 is 0 Å². The van der Waals surface area contributed by atoms with Crippen LogP contribution in [0.25, 0.3) is 11.5 Å². The van der Waals surface area contributed by atoms with Crippen molar-refractivity contribution in [1.29, 1.82) is 0 Å². The maximum absolute atomic E-state index is 13.1. The summed E-state index contributed by atoms with van der Waals surface area (Å²) >= 11 is 0. The second-order valence-electron chi connectivity index (χ2n) is 9.43. The van der Waals surface area contributed by atoms with Crippen LogP contribution in [0.3, 0.4) is 0 Å². The molecule has 6 rings (SSSR count). The molecule has 1 aromatic carbocycles. The average Bonchev–Trinajstić information content (AvgIpc) is 3.48. The first-order chi connectivity index (χ1) is 18.7. The third-order valence-electron chi connectivity index (χ3n) is 7.02. The summed E-state index contributed by atoms with van der Waals surface area (Å²) in [6.07, 6.45) is 7.09. The Kier molecular flexibility index (Phi) is 6.65. The van der Waals surface area contributed by atoms with Gasteiger partial charge in [-0.2, -0.15) is 5.10 Å². The number of rotatable bonds is 7. The Morgan fingerprint density at radius 2 is 2.00 bits per heavy atom. The lowest BCUT2D eigenvalue weighted by atomic mass is 9.88. The number of anilines is 1. The smallest absolute Gasteiger partial charge is 0.251 e. The van der Waals surface area contributed by atoms with Crippen LogP contribution in [0.5, 0.6) is 5.75 Å². The Bertz CT molecular complexity index is 1400. The van der Waals surface area contributed by atoms with E-state index < -0.39 is 5.54 Å². The fourth-order valence-corrected chi connectivity index (χ4v) is 4.96. The molecule has 4 aromatic rings. The van der Waals surface area contributed by atoms with E-state index in [2.05, 4.69) is 35.8 Å². The van der Waals surface area contributed by atoms with Gasteiger partial charge in [0.2, 0.25) is 0 Å². The van der Waals surface area contributed by atoms with Crippen molar-refractivity contribution in [2.24, 2.45) is 0 Å². The summed E-state index contributed by atoms with van der Waals surface area (Å²) in [5.41, 5.74) is 2.40. The van der Waals surface area contributed by atoms with Crippen LogP contribution in [0.4, 0.5) is 5.69 Å². The number of carbonyl (C=O) groups is 1. The molecular formula is C27H28N8O3. The second kappa shape index (κ2) is 10.5. The first kappa shape index (κ1) is 24.0. The molecule has 1 unspecified atom stereocenters. The minimum Gasteiger partial charge on any atom is -0.492 e. The zero-order valence-corrected chi connectivity index (χ0v) is 20.8. The van der Waals surface area contributed by atoms with Crippen LogP contribution in [0.1, 0.15) is 47.1 Å². The lowest BCUT2D eigenvalue weighted by molar-refractivity contribution is 0.0567. The highest BCUT2D eigenvalue weighted by Crippen LogP contribution is 2.35. The van der Waals surface area contributed by atoms with E-state index in [1.54, 1.807) is 18.5 Å². The van der Waals surface area contributed by atoms with Gasteiger partial charge in [0.05, 0.1) is 12.3 Å². The summed E-state index contributed by atoms with van der Waals surface area (Å²) in [5, 5.41) is 14.2. The van der Waals surface area contributed by atoms with Crippen molar-refractivity contribution in [3.8, 4) is 17.3 Å². The number of pyridine rings is 1. The summed E-state index contributed by atoms with van der Waals surface area (Å²) in [7, 11) is 0. The van der Waals surface area contributed by atoms with E-state index in [9.17, 15) is 4.79 Å². The highest BCUT2D eigenvalue weighted by Gasteiger charge is 2.38. The van der Waals surface area contributed by atoms with E-state index in [1.807, 2.05) is 36.4 Å². The third kappa shape index (κ3) is 4.92. The van der Waals surface area contributed by atoms with Crippen LogP contribution < -0.4 is 15.4 Å². The minimum absolute atomic E-state index is 0.117. The van der Waals surface area contributed by atoms with Crippen molar-refractivity contribution in [3.63, 3.8) is 0 Å². The maximum atomic E-state index is 13.1. The van der Waals surface area contributed by atoms with Crippen molar-refractivity contribution in [3.05, 3.63) is 78.3 Å². The molecule has 5 heterocycles. The van der Waals surface area contributed by atoms with Gasteiger partial charge in [0, 0.05) is 62.2 Å². The number of benzene rings is 1. The zero-order valence-electron chi connectivity index (χ0n) is 20.8. The molecule has 2 aliphatic rings. The van der Waals surface area contributed by atoms with Crippen LogP contribution in [0.15, 0.2) is 61.2 Å². The van der Waals surface area contributed by atoms with E-state index in [1.165, 1.54) is 6.33 Å². The number of nitrogens with one attached hydrogen (secondary N) is 3. The van der Waals surface area contributed by atoms with Gasteiger partial charge in [-0.3, -0.25) is 14.9 Å². The third-order valence-corrected chi connectivity index (χ3v) is 7.02. The lowest BCUT2D eigenvalue weighted by Gasteiger charge is -2.37. The van der Waals surface area contributed by atoms with E-state index in [-0.39, 0.29) is 11.8 Å². The first-order valence-corrected chi connectivity index (χ1v) is 12.7. The molecule has 0 spiro atoms. The number of H-pyrrole nitrogens is 1. The molecule has 2 aliphatic heterocycles. The maximum Gasteiger partial charge on any atom is 0.251 e. The normalized spacial score (nSPS) is 18.2. The number of amides is 1. The van der Waals surface area contributed by atoms with Gasteiger partial charge in [0.15, 0.2) is 11.6 Å². The van der Waals surface area contributed by atoms with Crippen molar-refractivity contribution in [2.75, 3.05) is 31.7 Å². The number of nitrogens with zero attached hydrogens (tertiary/aromatic N) is 5. The number of aromatic nitrogens is 6. The number of hydrogen-bond donors (Lipinski definition) is 3. The predicted molar refractivity (Wildman–Crippen MR) is 139 cm³/mol. The molecule has 11 heteroatoms. The summed E-state index contributed by atoms with van der Waals surface area (Å²) in [4.78, 5) is 30.5. The summed E-state index contributed by atoms with van der Waals surface area (Å²) < 4.78 is 11.3. The molecule has 194 valence electrons. The van der Waals surface area contributed by atoms with Gasteiger partial charge in [0.1, 0.15) is 23.3 Å². The number of fused-ring (bicyclic) bond motifs is 1. The van der Waals surface area contributed by atoms with Crippen molar-refractivity contribution in [1.82, 2.24) is 35.5 Å². The van der Waals surface area contributed by atoms with Crippen molar-refractivity contribution >= 4 is 11.6 Å². The summed E-state index contributed by atoms with van der Waals surface area (Å²) in [6.45, 7) is 2.27. The SMILES string of the molecule is O=C(NCC1CCOc2cccnc21)c1cccc(NC2(c3nc(-c4ccncn4)n[nH]3)CCOCC2)c1. The lowest BCUT2D eigenvalue weighted by Crippen LogP contribution is -2.42. The topological polar surface area (TPSA) is 140 Å². The molecule has 1 saturated heterocycles. The minimum atomic E-state index is -0.525. The van der Waals surface area contributed by atoms with E-state index >= 15 is 0 Å². The number of carbonyl (C=O) groups excluding carboxylic acids is 1. The van der Waals surface area contributed by atoms with E-state index in [0.717, 1.165) is 23.6 Å². The Balaban J connectivity index is 1.18. The molecule has 0 bridgehead atoms. The Labute approximate surface area is 219 Å². The van der Waals surface area contributed by atoms with Crippen LogP contribution in [-0.2, 0) is 10.3 Å². The Hall–Kier alpha value is -4.38. The zero-order chi connectivity index (χ0) is 25.8. The molecule has 1 amide bonds. The van der Waals surface area contributed by atoms with Crippen LogP contribution in [-0.4, -0.2) is 62.4 Å². The molecule has 0 radical (unpaired) electrons. The quantitative estimate of drug-likeness (QED) is 0.341. The van der Waals surface area contributed by atoms with Crippen molar-refractivity contribution in [2.45, 2.75) is 30.7 Å². The van der Waals surface area contributed by atoms with Gasteiger partial charge in [-0.05, 0) is 42.8 Å². The van der Waals surface area contributed by atoms with Gasteiger partial charge in [0.25, 0.3) is 5.91 Å². The molecule has 0 saturated carbocycles. The van der Waals surface area contributed by atoms with Gasteiger partial charge in [-0.1, -0.05) is 6.07 Å². The molecule has 3 aromatic heterocycles. The standard InChI is InChI=1S/C27H28N8O3/c36-25(30-16-19-7-12-38-22-5-2-10-29-23(19)22)18-3-1-4-20(15-18)33-27(8-13-37-14-9-27)26-32-24(34-35-26)21-6-11-28-17-31-21/h1-6,10-11,15,17,19,33H,7-9,12-14,16H2,(H,30,36)(H,32,34,35). The number of ether oxygens (including phenoxy) is 2. The molecule has 11 nitrogen and oxygen atoms in total. The van der Waals surface area contributed by atoms with Gasteiger partial charge >= 0.3 is 0 Å². The number of hydrogen-bond acceptors (Lipinski definition) is 9. The molecule has 1 atom stereocenters. The monoisotopic (exact) mass is 512 g/mol. The van der Waals surface area contributed by atoms with Gasteiger partial charge in [-0.25, -0.2) is 15.0 Å². The van der Waals surface area contributed by atoms with E-state index in [4.69, 9.17) is 14.5 Å². The van der Waals surface area contributed by atoms with Crippen LogP contribution in [0, 0.1) is 0 Å². The molecule has 38 heavy (non-hydrogen) atoms. The number of aromatic amines is 1. The highest BCUT2D eigenvalue weighted by molar-refractivity contribution is 5.95. The summed E-state index contributed by atoms with van der Waals surface area (Å²) in [6, 6.07) is 13.1. The molecule has 3 N–H and O–H groups in total. The van der Waals surface area contributed by atoms with E-state index in [0.29, 0.717) is 62.1 Å². The van der Waals surface area contributed by atoms with Gasteiger partial charge in [-0.15, -0.1) is 0 Å². The Morgan fingerprint density at radius 3 is 2.87 bits per heavy atom. The van der Waals surface area contributed by atoms with Gasteiger partial charge < -0.3 is 20.1 Å². The second-order valence-corrected chi connectivity index (χ2v) is 9.43. The predicted octanol–water partition coefficient (Wildman–Crippen LogP) is 3.07. The fourth-order valence-electron chi connectivity index (χ4n) is 4.96. The average molecular weight is 513 g/mol. The summed E-state index contributed by atoms with van der Waals surface area (Å²) in [5.74, 6) is 1.99. The molecule has 0 aliphatic carbocycles. The van der Waals surface area contributed by atoms with Crippen molar-refractivity contribution < 1.29 is 14.3 Å². The Morgan fingerprint density at radius 1 is 1.08 bits per heavy atom. The largest absolute Gasteiger partial charge is 0.492 e. The fraction of sp³-hybridized carbons (Fsp3) is 0.333. The first-order valence-electron chi connectivity index (χ1n) is 12.7. The highest BCUT2D eigenvalue weighted by atomic mass is 16.5.